The lowest BCUT2D eigenvalue weighted by Crippen LogP contribution is -2.49. The second-order valence-corrected chi connectivity index (χ2v) is 8.21. The first-order valence-electron chi connectivity index (χ1n) is 10.5. The molecular weight excluding hydrogens is 380 g/mol. The van der Waals surface area contributed by atoms with E-state index in [-0.39, 0.29) is 36.0 Å². The van der Waals surface area contributed by atoms with Crippen molar-refractivity contribution in [3.8, 4) is 0 Å². The Kier molecular flexibility index (Phi) is 5.61. The lowest BCUT2D eigenvalue weighted by molar-refractivity contribution is -0.146. The fourth-order valence-corrected chi connectivity index (χ4v) is 4.61. The zero-order valence-corrected chi connectivity index (χ0v) is 17.3. The summed E-state index contributed by atoms with van der Waals surface area (Å²) in [6, 6.07) is 10.3. The second kappa shape index (κ2) is 8.34. The van der Waals surface area contributed by atoms with Crippen LogP contribution < -0.4 is 5.32 Å². The van der Waals surface area contributed by atoms with Crippen molar-refractivity contribution >= 4 is 23.7 Å². The number of aryl methyl sites for hydroxylation is 2. The molecule has 3 amide bonds. The predicted molar refractivity (Wildman–Crippen MR) is 111 cm³/mol. The third kappa shape index (κ3) is 3.97. The molecule has 1 aromatic carbocycles. The number of aromatic nitrogens is 2. The minimum Gasteiger partial charge on any atom is -0.293 e. The first kappa shape index (κ1) is 20.2. The Morgan fingerprint density at radius 3 is 2.17 bits per heavy atom. The number of amides is 3. The number of nitrogens with zero attached hydrogens (tertiary/aromatic N) is 3. The van der Waals surface area contributed by atoms with Gasteiger partial charge < -0.3 is 0 Å². The van der Waals surface area contributed by atoms with Gasteiger partial charge in [-0.05, 0) is 38.3 Å². The molecule has 0 unspecified atom stereocenters. The largest absolute Gasteiger partial charge is 0.293 e. The van der Waals surface area contributed by atoms with Crippen molar-refractivity contribution in [3.63, 3.8) is 0 Å². The van der Waals surface area contributed by atoms with Crippen LogP contribution in [0.4, 0.5) is 5.95 Å². The van der Waals surface area contributed by atoms with E-state index in [1.807, 2.05) is 50.2 Å². The standard InChI is InChI=1S/C23H26N4O3/c1-14-12-15(2)25-23(24-14)26-20(28)19(13-16-8-4-3-5-9-16)27-21(29)17-10-6-7-11-18(17)22(27)30/h3-5,8-9,12,17-19H,6-7,10-11,13H2,1-2H3,(H,24,25,26,28)/t17-,18-,19+/m0/s1. The summed E-state index contributed by atoms with van der Waals surface area (Å²) in [5.41, 5.74) is 2.35. The highest BCUT2D eigenvalue weighted by Crippen LogP contribution is 2.39. The van der Waals surface area contributed by atoms with Gasteiger partial charge in [-0.15, -0.1) is 0 Å². The number of likely N-dealkylation sites (tertiary alicyclic amines) is 1. The molecule has 1 N–H and O–H groups in total. The van der Waals surface area contributed by atoms with Crippen LogP contribution in [0.2, 0.25) is 0 Å². The highest BCUT2D eigenvalue weighted by Gasteiger charge is 2.51. The van der Waals surface area contributed by atoms with Crippen LogP contribution >= 0.6 is 0 Å². The maximum atomic E-state index is 13.3. The molecule has 1 aliphatic heterocycles. The van der Waals surface area contributed by atoms with Crippen LogP contribution in [0.3, 0.4) is 0 Å². The molecule has 0 radical (unpaired) electrons. The molecule has 1 saturated carbocycles. The smallest absolute Gasteiger partial charge is 0.250 e. The van der Waals surface area contributed by atoms with Gasteiger partial charge in [-0.3, -0.25) is 24.6 Å². The zero-order valence-electron chi connectivity index (χ0n) is 17.3. The fraction of sp³-hybridized carbons (Fsp3) is 0.435. The third-order valence-electron chi connectivity index (χ3n) is 5.98. The van der Waals surface area contributed by atoms with Crippen molar-refractivity contribution in [2.75, 3.05) is 5.32 Å². The highest BCUT2D eigenvalue weighted by molar-refractivity contribution is 6.09. The van der Waals surface area contributed by atoms with E-state index in [4.69, 9.17) is 0 Å². The van der Waals surface area contributed by atoms with E-state index in [0.717, 1.165) is 29.8 Å². The van der Waals surface area contributed by atoms with E-state index in [1.54, 1.807) is 0 Å². The molecule has 2 heterocycles. The summed E-state index contributed by atoms with van der Waals surface area (Å²) in [6.45, 7) is 3.65. The van der Waals surface area contributed by atoms with Gasteiger partial charge in [0.05, 0.1) is 11.8 Å². The monoisotopic (exact) mass is 406 g/mol. The fourth-order valence-electron chi connectivity index (χ4n) is 4.61. The number of fused-ring (bicyclic) bond motifs is 1. The normalized spacial score (nSPS) is 22.0. The average molecular weight is 406 g/mol. The molecule has 1 aliphatic carbocycles. The van der Waals surface area contributed by atoms with Crippen molar-refractivity contribution < 1.29 is 14.4 Å². The van der Waals surface area contributed by atoms with E-state index < -0.39 is 11.9 Å². The van der Waals surface area contributed by atoms with Gasteiger partial charge in [-0.1, -0.05) is 43.2 Å². The lowest BCUT2D eigenvalue weighted by atomic mass is 9.81. The molecule has 4 rings (SSSR count). The Balaban J connectivity index is 1.64. The van der Waals surface area contributed by atoms with Gasteiger partial charge in [0.25, 0.3) is 0 Å². The van der Waals surface area contributed by atoms with Gasteiger partial charge >= 0.3 is 0 Å². The topological polar surface area (TPSA) is 92.3 Å². The number of rotatable bonds is 5. The molecule has 7 nitrogen and oxygen atoms in total. The van der Waals surface area contributed by atoms with E-state index in [9.17, 15) is 14.4 Å². The quantitative estimate of drug-likeness (QED) is 0.771. The van der Waals surface area contributed by atoms with Gasteiger partial charge in [-0.25, -0.2) is 9.97 Å². The molecular formula is C23H26N4O3. The number of nitrogens with one attached hydrogen (secondary N) is 1. The van der Waals surface area contributed by atoms with Crippen molar-refractivity contribution in [1.29, 1.82) is 0 Å². The maximum Gasteiger partial charge on any atom is 0.250 e. The molecule has 0 spiro atoms. The lowest BCUT2D eigenvalue weighted by Gasteiger charge is -2.26. The highest BCUT2D eigenvalue weighted by atomic mass is 16.2. The van der Waals surface area contributed by atoms with E-state index >= 15 is 0 Å². The van der Waals surface area contributed by atoms with Crippen molar-refractivity contribution in [2.45, 2.75) is 52.0 Å². The molecule has 1 saturated heterocycles. The van der Waals surface area contributed by atoms with Gasteiger partial charge in [0.1, 0.15) is 6.04 Å². The van der Waals surface area contributed by atoms with Crippen LogP contribution in [0.15, 0.2) is 36.4 Å². The summed E-state index contributed by atoms with van der Waals surface area (Å²) in [4.78, 5) is 49.3. The summed E-state index contributed by atoms with van der Waals surface area (Å²) in [5, 5.41) is 2.74. The molecule has 2 aromatic rings. The number of anilines is 1. The molecule has 2 fully saturated rings. The first-order valence-corrected chi connectivity index (χ1v) is 10.5. The van der Waals surface area contributed by atoms with Crippen molar-refractivity contribution in [3.05, 3.63) is 53.3 Å². The number of hydrogen-bond donors (Lipinski definition) is 1. The minimum atomic E-state index is -0.928. The van der Waals surface area contributed by atoms with Crippen molar-refractivity contribution in [1.82, 2.24) is 14.9 Å². The van der Waals surface area contributed by atoms with Crippen LogP contribution in [-0.2, 0) is 20.8 Å². The summed E-state index contributed by atoms with van der Waals surface area (Å²) < 4.78 is 0. The molecule has 2 aliphatic rings. The molecule has 7 heteroatoms. The first-order chi connectivity index (χ1) is 14.4. The predicted octanol–water partition coefficient (Wildman–Crippen LogP) is 2.82. The summed E-state index contributed by atoms with van der Waals surface area (Å²) in [6.07, 6.45) is 3.57. The van der Waals surface area contributed by atoms with E-state index in [1.165, 1.54) is 4.90 Å². The Morgan fingerprint density at radius 2 is 1.60 bits per heavy atom. The van der Waals surface area contributed by atoms with Gasteiger partial charge in [0, 0.05) is 17.8 Å². The number of hydrogen-bond acceptors (Lipinski definition) is 5. The Morgan fingerprint density at radius 1 is 1.03 bits per heavy atom. The zero-order chi connectivity index (χ0) is 21.3. The molecule has 1 aromatic heterocycles. The van der Waals surface area contributed by atoms with Crippen LogP contribution in [0.5, 0.6) is 0 Å². The van der Waals surface area contributed by atoms with Crippen molar-refractivity contribution in [2.24, 2.45) is 11.8 Å². The number of benzene rings is 1. The summed E-state index contributed by atoms with van der Waals surface area (Å²) >= 11 is 0. The second-order valence-electron chi connectivity index (χ2n) is 8.21. The number of carbonyl (C=O) groups is 3. The Bertz CT molecular complexity index is 931. The van der Waals surface area contributed by atoms with Crippen LogP contribution in [0, 0.1) is 25.7 Å². The number of imide groups is 1. The molecule has 30 heavy (non-hydrogen) atoms. The van der Waals surface area contributed by atoms with Crippen LogP contribution in [0.25, 0.3) is 0 Å². The Hall–Kier alpha value is -3.09. The van der Waals surface area contributed by atoms with E-state index in [2.05, 4.69) is 15.3 Å². The molecule has 0 bridgehead atoms. The van der Waals surface area contributed by atoms with Gasteiger partial charge in [0.15, 0.2) is 0 Å². The average Bonchev–Trinajstić information content (AvgIpc) is 2.97. The summed E-state index contributed by atoms with van der Waals surface area (Å²) in [7, 11) is 0. The van der Waals surface area contributed by atoms with Gasteiger partial charge in [-0.2, -0.15) is 0 Å². The van der Waals surface area contributed by atoms with Crippen LogP contribution in [0.1, 0.15) is 42.6 Å². The SMILES string of the molecule is Cc1cc(C)nc(NC(=O)[C@@H](Cc2ccccc2)N2C(=O)[C@H]3CCCC[C@@H]3C2=O)n1. The molecule has 156 valence electrons. The molecule has 3 atom stereocenters. The maximum absolute atomic E-state index is 13.3. The summed E-state index contributed by atoms with van der Waals surface area (Å²) in [5.74, 6) is -1.29. The number of carbonyl (C=O) groups excluding carboxylic acids is 3. The third-order valence-corrected chi connectivity index (χ3v) is 5.98. The van der Waals surface area contributed by atoms with Gasteiger partial charge in [0.2, 0.25) is 23.7 Å². The van der Waals surface area contributed by atoms with Crippen LogP contribution in [-0.4, -0.2) is 38.6 Å². The Labute approximate surface area is 175 Å². The minimum absolute atomic E-state index is 0.187. The van der Waals surface area contributed by atoms with E-state index in [0.29, 0.717) is 12.8 Å².